The van der Waals surface area contributed by atoms with Gasteiger partial charge in [0.15, 0.2) is 24.6 Å². The van der Waals surface area contributed by atoms with E-state index in [4.69, 9.17) is 23.7 Å². The molecule has 2 aliphatic heterocycles. The van der Waals surface area contributed by atoms with Gasteiger partial charge in [-0.2, -0.15) is 8.42 Å². The number of rotatable bonds is 56. The predicted octanol–water partition coefficient (Wildman–Crippen LogP) is 15.7. The van der Waals surface area contributed by atoms with Gasteiger partial charge in [0.1, 0.15) is 30.5 Å². The summed E-state index contributed by atoms with van der Waals surface area (Å²) in [5.74, 6) is 2.34. The molecule has 546 valence electrons. The van der Waals surface area contributed by atoms with E-state index in [1.54, 1.807) is 6.92 Å². The molecule has 0 aromatic carbocycles. The SMILES string of the molecule is CCCCCCCCCCCCCCCC(=O)OC1C(OC2OC(CO)C(O)C(O)C2OS(=O)(=O)O)OC(CO)C(O)C1OC(=O)C(C)CC(C)CC(C)CC(C)CC(C)CC(C)CC(C)CC(C)CC(C)CC(C)C(O)CCCCCCCCCCCCCCC. The minimum Gasteiger partial charge on any atom is -0.455 e. The largest absolute Gasteiger partial charge is 0.455 e. The average Bonchev–Trinajstić information content (AvgIpc) is 0.784. The summed E-state index contributed by atoms with van der Waals surface area (Å²) in [5, 5.41) is 64.5. The molecule has 0 saturated carbocycles. The van der Waals surface area contributed by atoms with E-state index in [-0.39, 0.29) is 18.4 Å². The summed E-state index contributed by atoms with van der Waals surface area (Å²) in [6.07, 6.45) is 23.5. The van der Waals surface area contributed by atoms with Crippen LogP contribution in [0.3, 0.4) is 0 Å². The van der Waals surface area contributed by atoms with Crippen molar-refractivity contribution in [2.75, 3.05) is 13.2 Å². The lowest BCUT2D eigenvalue weighted by Crippen LogP contribution is -2.65. The van der Waals surface area contributed by atoms with Crippen molar-refractivity contribution < 1.29 is 81.1 Å². The van der Waals surface area contributed by atoms with Crippen LogP contribution in [0.15, 0.2) is 0 Å². The summed E-state index contributed by atoms with van der Waals surface area (Å²) in [6.45, 7) is 25.5. The summed E-state index contributed by atoms with van der Waals surface area (Å²) < 4.78 is 67.5. The summed E-state index contributed by atoms with van der Waals surface area (Å²) in [5.41, 5.74) is 0. The van der Waals surface area contributed by atoms with Crippen LogP contribution in [0.25, 0.3) is 0 Å². The van der Waals surface area contributed by atoms with Gasteiger partial charge in [0.2, 0.25) is 6.29 Å². The topological polar surface area (TPSA) is 265 Å². The molecule has 21 unspecified atom stereocenters. The molecule has 2 rings (SSSR count). The molecular formula is C74H142O17S. The second-order valence-corrected chi connectivity index (χ2v) is 31.4. The Morgan fingerprint density at radius 2 is 0.761 bits per heavy atom. The van der Waals surface area contributed by atoms with E-state index in [0.717, 1.165) is 70.6 Å². The normalized spacial score (nSPS) is 25.9. The predicted molar refractivity (Wildman–Crippen MR) is 367 cm³/mol. The Morgan fingerprint density at radius 3 is 1.14 bits per heavy atom. The molecule has 2 saturated heterocycles. The molecule has 7 N–H and O–H groups in total. The lowest BCUT2D eigenvalue weighted by Gasteiger charge is -2.46. The van der Waals surface area contributed by atoms with Gasteiger partial charge in [0.05, 0.1) is 25.2 Å². The van der Waals surface area contributed by atoms with E-state index in [1.165, 1.54) is 148 Å². The molecule has 18 heteroatoms. The van der Waals surface area contributed by atoms with Crippen LogP contribution < -0.4 is 0 Å². The highest BCUT2D eigenvalue weighted by atomic mass is 32.3. The minimum atomic E-state index is -5.32. The fourth-order valence-corrected chi connectivity index (χ4v) is 15.9. The molecule has 2 heterocycles. The van der Waals surface area contributed by atoms with E-state index < -0.39 is 103 Å². The second kappa shape index (κ2) is 49.9. The van der Waals surface area contributed by atoms with Crippen LogP contribution in [0.2, 0.25) is 0 Å². The van der Waals surface area contributed by atoms with Crippen molar-refractivity contribution in [3.8, 4) is 0 Å². The molecule has 92 heavy (non-hydrogen) atoms. The maximum absolute atomic E-state index is 14.1. The third-order valence-electron chi connectivity index (χ3n) is 20.0. The molecular weight excluding hydrogens is 1190 g/mol. The Balaban J connectivity index is 1.93. The van der Waals surface area contributed by atoms with Crippen molar-refractivity contribution in [1.29, 1.82) is 0 Å². The Kier molecular flexibility index (Phi) is 46.9. The van der Waals surface area contributed by atoms with Crippen LogP contribution in [-0.2, 0) is 47.9 Å². The van der Waals surface area contributed by atoms with Crippen LogP contribution in [0.4, 0.5) is 0 Å². The average molecular weight is 1340 g/mol. The van der Waals surface area contributed by atoms with Gasteiger partial charge in [-0.25, -0.2) is 4.18 Å². The van der Waals surface area contributed by atoms with Crippen molar-refractivity contribution in [2.24, 2.45) is 59.2 Å². The number of ether oxygens (including phenoxy) is 5. The van der Waals surface area contributed by atoms with Gasteiger partial charge in [-0.3, -0.25) is 14.1 Å². The molecule has 2 fully saturated rings. The maximum Gasteiger partial charge on any atom is 0.397 e. The van der Waals surface area contributed by atoms with Crippen molar-refractivity contribution >= 4 is 22.3 Å². The molecule has 0 amide bonds. The van der Waals surface area contributed by atoms with Gasteiger partial charge in [0.25, 0.3) is 0 Å². The monoisotopic (exact) mass is 1330 g/mol. The molecule has 17 nitrogen and oxygen atoms in total. The van der Waals surface area contributed by atoms with E-state index >= 15 is 0 Å². The van der Waals surface area contributed by atoms with E-state index in [0.29, 0.717) is 60.2 Å². The zero-order valence-corrected chi connectivity index (χ0v) is 61.1. The first-order valence-corrected chi connectivity index (χ1v) is 39.1. The smallest absolute Gasteiger partial charge is 0.397 e. The molecule has 0 radical (unpaired) electrons. The Morgan fingerprint density at radius 1 is 0.424 bits per heavy atom. The lowest BCUT2D eigenvalue weighted by molar-refractivity contribution is -0.374. The van der Waals surface area contributed by atoms with Crippen molar-refractivity contribution in [1.82, 2.24) is 0 Å². The summed E-state index contributed by atoms with van der Waals surface area (Å²) in [4.78, 5) is 27.8. The van der Waals surface area contributed by atoms with Gasteiger partial charge < -0.3 is 54.3 Å². The van der Waals surface area contributed by atoms with Gasteiger partial charge in [-0.1, -0.05) is 244 Å². The molecule has 2 aliphatic rings. The van der Waals surface area contributed by atoms with Gasteiger partial charge in [-0.05, 0) is 124 Å². The fraction of sp³-hybridized carbons (Fsp3) is 0.973. The zero-order valence-electron chi connectivity index (χ0n) is 60.3. The number of carbonyl (C=O) groups excluding carboxylic acids is 2. The van der Waals surface area contributed by atoms with Crippen LogP contribution >= 0.6 is 0 Å². The number of esters is 2. The third-order valence-corrected chi connectivity index (χ3v) is 20.4. The van der Waals surface area contributed by atoms with Crippen molar-refractivity contribution in [3.63, 3.8) is 0 Å². The van der Waals surface area contributed by atoms with Crippen LogP contribution in [-0.4, -0.2) is 136 Å². The first-order valence-electron chi connectivity index (χ1n) is 37.7. The molecule has 0 aromatic rings. The van der Waals surface area contributed by atoms with Gasteiger partial charge >= 0.3 is 22.3 Å². The summed E-state index contributed by atoms with van der Waals surface area (Å²) in [7, 11) is -5.32. The molecule has 0 aromatic heterocycles. The minimum absolute atomic E-state index is 0.0539. The Bertz CT molecular complexity index is 1950. The highest BCUT2D eigenvalue weighted by Crippen LogP contribution is 2.36. The summed E-state index contributed by atoms with van der Waals surface area (Å²) >= 11 is 0. The van der Waals surface area contributed by atoms with Crippen LogP contribution in [0.5, 0.6) is 0 Å². The highest BCUT2D eigenvalue weighted by Gasteiger charge is 2.55. The second-order valence-electron chi connectivity index (χ2n) is 30.3. The Labute approximate surface area is 561 Å². The van der Waals surface area contributed by atoms with E-state index in [2.05, 4.69) is 80.3 Å². The van der Waals surface area contributed by atoms with Crippen LogP contribution in [0, 0.1) is 59.2 Å². The van der Waals surface area contributed by atoms with Crippen LogP contribution in [0.1, 0.15) is 321 Å². The van der Waals surface area contributed by atoms with Gasteiger partial charge in [-0.15, -0.1) is 0 Å². The van der Waals surface area contributed by atoms with Crippen molar-refractivity contribution in [2.45, 2.75) is 388 Å². The summed E-state index contributed by atoms with van der Waals surface area (Å²) in [6, 6.07) is 0. The van der Waals surface area contributed by atoms with Crippen molar-refractivity contribution in [3.05, 3.63) is 0 Å². The van der Waals surface area contributed by atoms with E-state index in [1.807, 2.05) is 0 Å². The number of hydrogen-bond donors (Lipinski definition) is 7. The number of carbonyl (C=O) groups is 2. The first kappa shape index (κ1) is 86.5. The number of hydrogen-bond acceptors (Lipinski definition) is 16. The lowest BCUT2D eigenvalue weighted by atomic mass is 9.79. The molecule has 0 bridgehead atoms. The standard InChI is InChI=1S/C74H142O17S/c1-13-15-17-19-21-23-25-27-29-31-33-35-37-39-62(77)60(11)48-58(9)46-56(7)44-54(5)42-52(3)41-53(4)43-55(6)45-57(8)47-59(10)49-61(12)72(82)89-69-67(80)64(51-76)87-74(90-73-70(91-92(83,84)85)68(81)66(79)63(50-75)86-73)71(69)88-65(78)40-38-36-34-32-30-28-26-24-22-20-18-16-14-2/h52-64,66-71,73-77,79-81H,13-51H2,1-12H3,(H,83,84,85). The fourth-order valence-electron chi connectivity index (χ4n) is 15.4. The Hall–Kier alpha value is -1.55. The highest BCUT2D eigenvalue weighted by molar-refractivity contribution is 7.80. The third kappa shape index (κ3) is 38.0. The quantitative estimate of drug-likeness (QED) is 0.0169. The number of unbranched alkanes of at least 4 members (excludes halogenated alkanes) is 24. The zero-order chi connectivity index (χ0) is 68.6. The maximum atomic E-state index is 14.1. The molecule has 0 spiro atoms. The van der Waals surface area contributed by atoms with E-state index in [9.17, 15) is 53.2 Å². The van der Waals surface area contributed by atoms with Gasteiger partial charge in [0, 0.05) is 6.42 Å². The number of aliphatic hydroxyl groups is 6. The molecule has 21 atom stereocenters. The number of aliphatic hydroxyl groups excluding tert-OH is 6. The first-order chi connectivity index (χ1) is 43.7. The molecule has 0 aliphatic carbocycles.